The number of Topliss-reactive ketones (excluding diaryl/α,β-unsaturated/α-hetero) is 1. The number of ether oxygens (including phenoxy) is 1. The van der Waals surface area contributed by atoms with E-state index >= 15 is 0 Å². The van der Waals surface area contributed by atoms with Gasteiger partial charge in [0.25, 0.3) is 11.7 Å². The second kappa shape index (κ2) is 8.13. The van der Waals surface area contributed by atoms with Crippen molar-refractivity contribution >= 4 is 17.4 Å². The standard InChI is InChI=1S/C27H23NO5/c1-16-12-20-13-19(10-11-22(20)33-16)25(30)23-24(18-8-5-9-21(29)14-18)28(27(32)26(23)31)15-17-6-3-2-4-7-17/h2-11,13-14,16,24,29-30H,12,15H2,1H3/t16-,24+/m1/s1. The quantitative estimate of drug-likeness (QED) is 0.357. The molecule has 1 fully saturated rings. The summed E-state index contributed by atoms with van der Waals surface area (Å²) in [6.45, 7) is 2.16. The van der Waals surface area contributed by atoms with E-state index in [1.165, 1.54) is 17.0 Å². The van der Waals surface area contributed by atoms with Gasteiger partial charge in [0.15, 0.2) is 0 Å². The fourth-order valence-electron chi connectivity index (χ4n) is 4.59. The summed E-state index contributed by atoms with van der Waals surface area (Å²) in [6.07, 6.45) is 0.746. The Hall–Kier alpha value is -4.06. The molecule has 33 heavy (non-hydrogen) atoms. The van der Waals surface area contributed by atoms with Gasteiger partial charge in [-0.2, -0.15) is 0 Å². The Morgan fingerprint density at radius 2 is 1.82 bits per heavy atom. The molecule has 2 heterocycles. The number of phenols is 1. The van der Waals surface area contributed by atoms with E-state index in [0.29, 0.717) is 17.5 Å². The van der Waals surface area contributed by atoms with Gasteiger partial charge in [-0.25, -0.2) is 0 Å². The minimum Gasteiger partial charge on any atom is -0.508 e. The predicted molar refractivity (Wildman–Crippen MR) is 123 cm³/mol. The van der Waals surface area contributed by atoms with Gasteiger partial charge < -0.3 is 19.8 Å². The molecule has 1 amide bonds. The molecule has 166 valence electrons. The summed E-state index contributed by atoms with van der Waals surface area (Å²) in [5.41, 5.74) is 2.81. The Bertz CT molecular complexity index is 1280. The smallest absolute Gasteiger partial charge is 0.295 e. The largest absolute Gasteiger partial charge is 0.508 e. The number of carbonyl (C=O) groups is 2. The Morgan fingerprint density at radius 3 is 2.58 bits per heavy atom. The van der Waals surface area contributed by atoms with E-state index in [4.69, 9.17) is 4.74 Å². The van der Waals surface area contributed by atoms with Gasteiger partial charge in [-0.1, -0.05) is 42.5 Å². The van der Waals surface area contributed by atoms with Gasteiger partial charge in [0.05, 0.1) is 11.6 Å². The van der Waals surface area contributed by atoms with Gasteiger partial charge in [0.1, 0.15) is 23.4 Å². The summed E-state index contributed by atoms with van der Waals surface area (Å²) in [4.78, 5) is 27.7. The second-order valence-electron chi connectivity index (χ2n) is 8.46. The van der Waals surface area contributed by atoms with Crippen molar-refractivity contribution in [1.82, 2.24) is 4.90 Å². The van der Waals surface area contributed by atoms with Crippen LogP contribution in [0.3, 0.4) is 0 Å². The molecule has 2 aliphatic heterocycles. The van der Waals surface area contributed by atoms with E-state index in [-0.39, 0.29) is 29.7 Å². The zero-order valence-corrected chi connectivity index (χ0v) is 18.1. The maximum absolute atomic E-state index is 13.2. The number of carbonyl (C=O) groups excluding carboxylic acids is 2. The first-order valence-electron chi connectivity index (χ1n) is 10.8. The van der Waals surface area contributed by atoms with Crippen LogP contribution < -0.4 is 4.74 Å². The Balaban J connectivity index is 1.64. The molecule has 0 bridgehead atoms. The molecule has 3 aromatic carbocycles. The molecule has 1 saturated heterocycles. The highest BCUT2D eigenvalue weighted by molar-refractivity contribution is 6.46. The van der Waals surface area contributed by atoms with E-state index in [1.807, 2.05) is 37.3 Å². The molecule has 5 rings (SSSR count). The summed E-state index contributed by atoms with van der Waals surface area (Å²) in [6, 6.07) is 20.2. The lowest BCUT2D eigenvalue weighted by molar-refractivity contribution is -0.140. The molecule has 0 radical (unpaired) electrons. The van der Waals surface area contributed by atoms with Crippen molar-refractivity contribution in [3.8, 4) is 11.5 Å². The van der Waals surface area contributed by atoms with Crippen molar-refractivity contribution in [1.29, 1.82) is 0 Å². The van der Waals surface area contributed by atoms with Crippen molar-refractivity contribution < 1.29 is 24.5 Å². The summed E-state index contributed by atoms with van der Waals surface area (Å²) < 4.78 is 5.74. The zero-order valence-electron chi connectivity index (χ0n) is 18.1. The van der Waals surface area contributed by atoms with Crippen LogP contribution in [0.5, 0.6) is 11.5 Å². The van der Waals surface area contributed by atoms with Crippen molar-refractivity contribution in [2.24, 2.45) is 0 Å². The van der Waals surface area contributed by atoms with Gasteiger partial charge in [0.2, 0.25) is 0 Å². The summed E-state index contributed by atoms with van der Waals surface area (Å²) in [5, 5.41) is 21.3. The molecule has 2 atom stereocenters. The number of amides is 1. The molecule has 6 nitrogen and oxygen atoms in total. The molecular formula is C27H23NO5. The molecule has 0 aromatic heterocycles. The number of aromatic hydroxyl groups is 1. The Labute approximate surface area is 191 Å². The first kappa shape index (κ1) is 20.8. The number of benzene rings is 3. The maximum atomic E-state index is 13.2. The number of hydrogen-bond acceptors (Lipinski definition) is 5. The lowest BCUT2D eigenvalue weighted by Crippen LogP contribution is -2.29. The first-order valence-corrected chi connectivity index (χ1v) is 10.8. The van der Waals surface area contributed by atoms with Crippen LogP contribution in [-0.4, -0.2) is 32.9 Å². The van der Waals surface area contributed by atoms with Crippen LogP contribution >= 0.6 is 0 Å². The number of rotatable bonds is 4. The number of phenolic OH excluding ortho intramolecular Hbond substituents is 1. The second-order valence-corrected chi connectivity index (χ2v) is 8.46. The lowest BCUT2D eigenvalue weighted by Gasteiger charge is -2.25. The van der Waals surface area contributed by atoms with Crippen molar-refractivity contribution in [3.05, 3.63) is 101 Å². The number of hydrogen-bond donors (Lipinski definition) is 2. The lowest BCUT2D eigenvalue weighted by atomic mass is 9.94. The highest BCUT2D eigenvalue weighted by Crippen LogP contribution is 2.42. The third-order valence-corrected chi connectivity index (χ3v) is 6.09. The number of aliphatic hydroxyl groups excluding tert-OH is 1. The first-order chi connectivity index (χ1) is 15.9. The molecule has 0 unspecified atom stereocenters. The fourth-order valence-corrected chi connectivity index (χ4v) is 4.59. The third-order valence-electron chi connectivity index (χ3n) is 6.09. The van der Waals surface area contributed by atoms with Crippen LogP contribution in [-0.2, 0) is 22.6 Å². The van der Waals surface area contributed by atoms with Crippen LogP contribution in [0.15, 0.2) is 78.4 Å². The molecule has 0 saturated carbocycles. The van der Waals surface area contributed by atoms with E-state index < -0.39 is 17.7 Å². The maximum Gasteiger partial charge on any atom is 0.295 e. The molecule has 2 N–H and O–H groups in total. The van der Waals surface area contributed by atoms with Gasteiger partial charge in [0, 0.05) is 18.5 Å². The van der Waals surface area contributed by atoms with Gasteiger partial charge >= 0.3 is 0 Å². The molecular weight excluding hydrogens is 418 g/mol. The van der Waals surface area contributed by atoms with E-state index in [0.717, 1.165) is 16.9 Å². The van der Waals surface area contributed by atoms with Gasteiger partial charge in [-0.15, -0.1) is 0 Å². The molecule has 2 aliphatic rings. The minimum absolute atomic E-state index is 0.00782. The van der Waals surface area contributed by atoms with E-state index in [2.05, 4.69) is 0 Å². The predicted octanol–water partition coefficient (Wildman–Crippen LogP) is 4.34. The van der Waals surface area contributed by atoms with Crippen LogP contribution in [0.2, 0.25) is 0 Å². The van der Waals surface area contributed by atoms with Crippen LogP contribution in [0.4, 0.5) is 0 Å². The molecule has 6 heteroatoms. The minimum atomic E-state index is -0.833. The highest BCUT2D eigenvalue weighted by atomic mass is 16.5. The normalized spacial score (nSPS) is 21.2. The van der Waals surface area contributed by atoms with E-state index in [1.54, 1.807) is 30.3 Å². The highest BCUT2D eigenvalue weighted by Gasteiger charge is 2.46. The summed E-state index contributed by atoms with van der Waals surface area (Å²) >= 11 is 0. The van der Waals surface area contributed by atoms with Crippen molar-refractivity contribution in [2.75, 3.05) is 0 Å². The van der Waals surface area contributed by atoms with Gasteiger partial charge in [-0.3, -0.25) is 9.59 Å². The summed E-state index contributed by atoms with van der Waals surface area (Å²) in [7, 11) is 0. The fraction of sp³-hybridized carbons (Fsp3) is 0.185. The number of likely N-dealkylation sites (tertiary alicyclic amines) is 1. The van der Waals surface area contributed by atoms with Crippen LogP contribution in [0.1, 0.15) is 35.2 Å². The molecule has 0 spiro atoms. The average molecular weight is 441 g/mol. The summed E-state index contributed by atoms with van der Waals surface area (Å²) in [5.74, 6) is -0.900. The Morgan fingerprint density at radius 1 is 1.03 bits per heavy atom. The number of fused-ring (bicyclic) bond motifs is 1. The third kappa shape index (κ3) is 3.74. The van der Waals surface area contributed by atoms with Gasteiger partial charge in [-0.05, 0) is 53.9 Å². The molecule has 0 aliphatic carbocycles. The van der Waals surface area contributed by atoms with Crippen LogP contribution in [0, 0.1) is 0 Å². The number of nitrogens with zero attached hydrogens (tertiary/aromatic N) is 1. The molecule has 3 aromatic rings. The van der Waals surface area contributed by atoms with Crippen LogP contribution in [0.25, 0.3) is 5.76 Å². The number of ketones is 1. The monoisotopic (exact) mass is 441 g/mol. The average Bonchev–Trinajstić information content (AvgIpc) is 3.30. The topological polar surface area (TPSA) is 87.1 Å². The van der Waals surface area contributed by atoms with E-state index in [9.17, 15) is 19.8 Å². The zero-order chi connectivity index (χ0) is 23.1. The van der Waals surface area contributed by atoms with Crippen molar-refractivity contribution in [3.63, 3.8) is 0 Å². The van der Waals surface area contributed by atoms with Crippen molar-refractivity contribution in [2.45, 2.75) is 32.0 Å². The number of aliphatic hydroxyl groups is 1. The SMILES string of the molecule is C[C@@H]1Cc2cc(C(O)=C3C(=O)C(=O)N(Cc4ccccc4)[C@H]3c3cccc(O)c3)ccc2O1. The Kier molecular flexibility index (Phi) is 5.13.